The van der Waals surface area contributed by atoms with E-state index in [1.165, 1.54) is 24.3 Å². The summed E-state index contributed by atoms with van der Waals surface area (Å²) < 4.78 is 27.7. The monoisotopic (exact) mass is 500 g/mol. The van der Waals surface area contributed by atoms with Gasteiger partial charge in [0.25, 0.3) is 15.9 Å². The summed E-state index contributed by atoms with van der Waals surface area (Å²) in [5.41, 5.74) is 8.82. The zero-order chi connectivity index (χ0) is 25.5. The average Bonchev–Trinajstić information content (AvgIpc) is 2.86. The minimum absolute atomic E-state index is 0.0631. The first kappa shape index (κ1) is 24.5. The van der Waals surface area contributed by atoms with Crippen molar-refractivity contribution >= 4 is 44.6 Å². The fourth-order valence-corrected chi connectivity index (χ4v) is 4.51. The Balaban J connectivity index is 1.39. The van der Waals surface area contributed by atoms with Crippen molar-refractivity contribution in [3.8, 4) is 0 Å². The molecule has 4 rings (SSSR count). The van der Waals surface area contributed by atoms with Crippen molar-refractivity contribution in [3.05, 3.63) is 114 Å². The zero-order valence-corrected chi connectivity index (χ0v) is 20.0. The van der Waals surface area contributed by atoms with Crippen LogP contribution in [0.3, 0.4) is 0 Å². The predicted molar refractivity (Wildman–Crippen MR) is 141 cm³/mol. The molecule has 9 heteroatoms. The number of hydrogen-bond acceptors (Lipinski definition) is 5. The lowest BCUT2D eigenvalue weighted by Crippen LogP contribution is -2.17. The first-order chi connectivity index (χ1) is 17.3. The Hall–Kier alpha value is -4.63. The molecule has 4 aromatic carbocycles. The van der Waals surface area contributed by atoms with Crippen LogP contribution in [0.1, 0.15) is 15.9 Å². The van der Waals surface area contributed by atoms with Crippen molar-refractivity contribution in [2.75, 3.05) is 21.1 Å². The number of amides is 2. The van der Waals surface area contributed by atoms with Crippen LogP contribution in [0.15, 0.2) is 108 Å². The van der Waals surface area contributed by atoms with E-state index in [9.17, 15) is 18.0 Å². The van der Waals surface area contributed by atoms with Crippen molar-refractivity contribution in [2.24, 2.45) is 0 Å². The summed E-state index contributed by atoms with van der Waals surface area (Å²) in [7, 11) is -3.76. The largest absolute Gasteiger partial charge is 0.398 e. The molecule has 0 fully saturated rings. The third-order valence-electron chi connectivity index (χ3n) is 5.26. The van der Waals surface area contributed by atoms with E-state index >= 15 is 0 Å². The van der Waals surface area contributed by atoms with Crippen LogP contribution < -0.4 is 21.1 Å². The maximum absolute atomic E-state index is 12.7. The summed E-state index contributed by atoms with van der Waals surface area (Å²) in [6.07, 6.45) is 0.109. The minimum atomic E-state index is -3.76. The molecule has 0 aliphatic heterocycles. The van der Waals surface area contributed by atoms with Gasteiger partial charge in [-0.25, -0.2) is 8.42 Å². The van der Waals surface area contributed by atoms with Gasteiger partial charge in [0.2, 0.25) is 5.91 Å². The van der Waals surface area contributed by atoms with Gasteiger partial charge in [0.05, 0.1) is 11.3 Å². The topological polar surface area (TPSA) is 130 Å². The van der Waals surface area contributed by atoms with Crippen molar-refractivity contribution in [2.45, 2.75) is 11.3 Å². The molecule has 8 nitrogen and oxygen atoms in total. The number of sulfonamides is 1. The van der Waals surface area contributed by atoms with Gasteiger partial charge < -0.3 is 16.4 Å². The highest BCUT2D eigenvalue weighted by molar-refractivity contribution is 7.92. The molecule has 0 saturated heterocycles. The van der Waals surface area contributed by atoms with Crippen LogP contribution in [-0.2, 0) is 21.2 Å². The second kappa shape index (κ2) is 10.7. The molecule has 4 aromatic rings. The number of hydrogen-bond donors (Lipinski definition) is 4. The summed E-state index contributed by atoms with van der Waals surface area (Å²) >= 11 is 0. The summed E-state index contributed by atoms with van der Waals surface area (Å²) in [5.74, 6) is -0.664. The van der Waals surface area contributed by atoms with E-state index in [0.717, 1.165) is 0 Å². The summed E-state index contributed by atoms with van der Waals surface area (Å²) in [4.78, 5) is 25.2. The van der Waals surface area contributed by atoms with Crippen molar-refractivity contribution in [1.29, 1.82) is 0 Å². The summed E-state index contributed by atoms with van der Waals surface area (Å²) in [6, 6.07) is 28.0. The van der Waals surface area contributed by atoms with E-state index in [0.29, 0.717) is 33.9 Å². The van der Waals surface area contributed by atoms with Gasteiger partial charge in [-0.1, -0.05) is 42.5 Å². The van der Waals surface area contributed by atoms with Crippen molar-refractivity contribution in [1.82, 2.24) is 0 Å². The molecule has 0 aromatic heterocycles. The maximum Gasteiger partial charge on any atom is 0.261 e. The van der Waals surface area contributed by atoms with Gasteiger partial charge >= 0.3 is 0 Å². The van der Waals surface area contributed by atoms with Crippen LogP contribution in [0, 0.1) is 0 Å². The lowest BCUT2D eigenvalue weighted by molar-refractivity contribution is -0.115. The quantitative estimate of drug-likeness (QED) is 0.265. The maximum atomic E-state index is 12.7. The second-order valence-electron chi connectivity index (χ2n) is 7.95. The summed E-state index contributed by atoms with van der Waals surface area (Å²) in [5, 5.41) is 5.50. The molecule has 0 spiro atoms. The molecule has 182 valence electrons. The second-order valence-corrected chi connectivity index (χ2v) is 9.64. The molecule has 0 saturated carbocycles. The van der Waals surface area contributed by atoms with E-state index in [2.05, 4.69) is 15.4 Å². The lowest BCUT2D eigenvalue weighted by Gasteiger charge is -2.11. The molecule has 0 unspecified atom stereocenters. The normalized spacial score (nSPS) is 10.9. The van der Waals surface area contributed by atoms with Gasteiger partial charge in [0, 0.05) is 28.3 Å². The van der Waals surface area contributed by atoms with E-state index in [4.69, 9.17) is 5.73 Å². The van der Waals surface area contributed by atoms with Crippen LogP contribution in [0.5, 0.6) is 0 Å². The first-order valence-electron chi connectivity index (χ1n) is 11.0. The van der Waals surface area contributed by atoms with Gasteiger partial charge in [-0.15, -0.1) is 0 Å². The number of carbonyl (C=O) groups excluding carboxylic acids is 2. The number of nitrogens with one attached hydrogen (secondary N) is 3. The molecule has 2 amide bonds. The predicted octanol–water partition coefficient (Wildman–Crippen LogP) is 4.50. The van der Waals surface area contributed by atoms with Crippen LogP contribution >= 0.6 is 0 Å². The number of anilines is 4. The highest BCUT2D eigenvalue weighted by Crippen LogP contribution is 2.20. The van der Waals surface area contributed by atoms with Crippen LogP contribution in [-0.4, -0.2) is 20.2 Å². The summed E-state index contributed by atoms with van der Waals surface area (Å²) in [6.45, 7) is 0. The Labute approximate surface area is 209 Å². The standard InChI is InChI=1S/C27H24N4O4S/c28-25-12-5-4-7-19(25)18-26(32)29-23-11-6-8-20(17-23)27(33)30-21-13-15-24(16-14-21)36(34,35)31-22-9-2-1-3-10-22/h1-17,31H,18,28H2,(H,29,32)(H,30,33). The number of carbonyl (C=O) groups is 2. The third-order valence-corrected chi connectivity index (χ3v) is 6.66. The highest BCUT2D eigenvalue weighted by atomic mass is 32.2. The van der Waals surface area contributed by atoms with E-state index in [1.54, 1.807) is 72.8 Å². The van der Waals surface area contributed by atoms with Crippen molar-refractivity contribution < 1.29 is 18.0 Å². The van der Waals surface area contributed by atoms with Gasteiger partial charge in [0.15, 0.2) is 0 Å². The molecule has 0 aliphatic rings. The fourth-order valence-electron chi connectivity index (χ4n) is 3.45. The Morgan fingerprint density at radius 3 is 2.08 bits per heavy atom. The Morgan fingerprint density at radius 2 is 1.36 bits per heavy atom. The van der Waals surface area contributed by atoms with E-state index < -0.39 is 15.9 Å². The molecule has 0 radical (unpaired) electrons. The molecule has 0 heterocycles. The smallest absolute Gasteiger partial charge is 0.261 e. The molecule has 36 heavy (non-hydrogen) atoms. The average molecular weight is 501 g/mol. The van der Waals surface area contributed by atoms with Crippen molar-refractivity contribution in [3.63, 3.8) is 0 Å². The first-order valence-corrected chi connectivity index (χ1v) is 12.5. The molecule has 5 N–H and O–H groups in total. The van der Waals surface area contributed by atoms with Crippen LogP contribution in [0.25, 0.3) is 0 Å². The van der Waals surface area contributed by atoms with Crippen LogP contribution in [0.4, 0.5) is 22.7 Å². The minimum Gasteiger partial charge on any atom is -0.398 e. The van der Waals surface area contributed by atoms with Gasteiger partial charge in [-0.3, -0.25) is 14.3 Å². The van der Waals surface area contributed by atoms with Gasteiger partial charge in [0.1, 0.15) is 0 Å². The van der Waals surface area contributed by atoms with Gasteiger partial charge in [-0.2, -0.15) is 0 Å². The van der Waals surface area contributed by atoms with Crippen LogP contribution in [0.2, 0.25) is 0 Å². The number of nitrogens with two attached hydrogens (primary N) is 1. The number of rotatable bonds is 8. The highest BCUT2D eigenvalue weighted by Gasteiger charge is 2.15. The number of benzene rings is 4. The van der Waals surface area contributed by atoms with E-state index in [-0.39, 0.29) is 17.2 Å². The zero-order valence-electron chi connectivity index (χ0n) is 19.1. The lowest BCUT2D eigenvalue weighted by atomic mass is 10.1. The molecule has 0 bridgehead atoms. The molecular formula is C27H24N4O4S. The number of nitrogen functional groups attached to an aromatic ring is 1. The van der Waals surface area contributed by atoms with Gasteiger partial charge in [-0.05, 0) is 66.2 Å². The number of para-hydroxylation sites is 2. The third kappa shape index (κ3) is 6.28. The molecule has 0 aliphatic carbocycles. The molecule has 0 atom stereocenters. The SMILES string of the molecule is Nc1ccccc1CC(=O)Nc1cccc(C(=O)Nc2ccc(S(=O)(=O)Nc3ccccc3)cc2)c1. The fraction of sp³-hybridized carbons (Fsp3) is 0.0370. The Morgan fingerprint density at radius 1 is 0.694 bits per heavy atom. The Kier molecular flexibility index (Phi) is 7.31. The Bertz CT molecular complexity index is 1490. The molecular weight excluding hydrogens is 476 g/mol. The van der Waals surface area contributed by atoms with E-state index in [1.807, 2.05) is 6.07 Å².